The standard InChI is InChI=1S/C25H30N2O4/c1-16-12-26(5)23-20(30-15-17-9-7-6-8-10-17)11-19-22(21(16)23)18(14-28)13-27(19)24(29)31-25(2,3)4/h6-12,18,28H,13-15H2,1-5H3. The lowest BCUT2D eigenvalue weighted by atomic mass is 9.96. The Labute approximate surface area is 183 Å². The first kappa shape index (κ1) is 21.2. The van der Waals surface area contributed by atoms with E-state index in [0.29, 0.717) is 18.9 Å². The predicted octanol–water partition coefficient (Wildman–Crippen LogP) is 4.90. The molecule has 6 nitrogen and oxygen atoms in total. The van der Waals surface area contributed by atoms with E-state index in [2.05, 4.69) is 10.8 Å². The molecule has 1 unspecified atom stereocenters. The van der Waals surface area contributed by atoms with Crippen molar-refractivity contribution in [2.75, 3.05) is 18.1 Å². The molecule has 0 bridgehead atoms. The zero-order chi connectivity index (χ0) is 22.3. The van der Waals surface area contributed by atoms with Crippen LogP contribution in [0.25, 0.3) is 10.9 Å². The van der Waals surface area contributed by atoms with Gasteiger partial charge in [-0.15, -0.1) is 0 Å². The maximum atomic E-state index is 13.0. The molecular weight excluding hydrogens is 392 g/mol. The highest BCUT2D eigenvalue weighted by Crippen LogP contribution is 2.47. The van der Waals surface area contributed by atoms with Crippen LogP contribution in [0.2, 0.25) is 0 Å². The Morgan fingerprint density at radius 2 is 1.94 bits per heavy atom. The SMILES string of the molecule is Cc1cn(C)c2c(OCc3ccccc3)cc3c(c12)C(CO)CN3C(=O)OC(C)(C)C. The molecule has 0 aliphatic carbocycles. The first-order valence-corrected chi connectivity index (χ1v) is 10.6. The number of aliphatic hydroxyl groups is 1. The first-order valence-electron chi connectivity index (χ1n) is 10.6. The minimum atomic E-state index is -0.603. The Morgan fingerprint density at radius 3 is 2.58 bits per heavy atom. The highest BCUT2D eigenvalue weighted by Gasteiger charge is 2.38. The van der Waals surface area contributed by atoms with Crippen molar-refractivity contribution in [3.63, 3.8) is 0 Å². The van der Waals surface area contributed by atoms with Crippen LogP contribution in [0.5, 0.6) is 5.75 Å². The van der Waals surface area contributed by atoms with Crippen LogP contribution in [0.3, 0.4) is 0 Å². The number of ether oxygens (including phenoxy) is 2. The van der Waals surface area contributed by atoms with Crippen LogP contribution in [0.1, 0.15) is 43.4 Å². The fraction of sp³-hybridized carbons (Fsp3) is 0.400. The molecule has 2 aromatic carbocycles. The molecule has 164 valence electrons. The smallest absolute Gasteiger partial charge is 0.414 e. The van der Waals surface area contributed by atoms with Crippen molar-refractivity contribution in [1.82, 2.24) is 4.57 Å². The Kier molecular flexibility index (Phi) is 5.43. The van der Waals surface area contributed by atoms with Crippen molar-refractivity contribution in [2.45, 2.75) is 45.8 Å². The molecule has 0 spiro atoms. The molecule has 31 heavy (non-hydrogen) atoms. The van der Waals surface area contributed by atoms with E-state index >= 15 is 0 Å². The molecule has 1 aliphatic heterocycles. The summed E-state index contributed by atoms with van der Waals surface area (Å²) < 4.78 is 14.0. The van der Waals surface area contributed by atoms with E-state index in [9.17, 15) is 9.90 Å². The van der Waals surface area contributed by atoms with Crippen molar-refractivity contribution < 1.29 is 19.4 Å². The number of carbonyl (C=O) groups is 1. The third-order valence-corrected chi connectivity index (χ3v) is 5.59. The molecule has 0 saturated heterocycles. The molecule has 0 radical (unpaired) electrons. The highest BCUT2D eigenvalue weighted by atomic mass is 16.6. The van der Waals surface area contributed by atoms with Crippen LogP contribution in [-0.4, -0.2) is 34.5 Å². The summed E-state index contributed by atoms with van der Waals surface area (Å²) in [6.07, 6.45) is 1.65. The number of benzene rings is 2. The number of carbonyl (C=O) groups excluding carboxylic acids is 1. The van der Waals surface area contributed by atoms with E-state index in [0.717, 1.165) is 33.3 Å². The lowest BCUT2D eigenvalue weighted by Gasteiger charge is -2.25. The second kappa shape index (κ2) is 7.93. The minimum absolute atomic E-state index is 0.0417. The monoisotopic (exact) mass is 422 g/mol. The van der Waals surface area contributed by atoms with Gasteiger partial charge in [-0.05, 0) is 44.4 Å². The third-order valence-electron chi connectivity index (χ3n) is 5.59. The normalized spacial score (nSPS) is 15.9. The zero-order valence-electron chi connectivity index (χ0n) is 18.8. The van der Waals surface area contributed by atoms with Crippen LogP contribution in [-0.2, 0) is 18.4 Å². The number of rotatable bonds is 4. The van der Waals surface area contributed by atoms with Gasteiger partial charge in [-0.25, -0.2) is 4.79 Å². The van der Waals surface area contributed by atoms with Crippen LogP contribution >= 0.6 is 0 Å². The van der Waals surface area contributed by atoms with Crippen molar-refractivity contribution >= 4 is 22.7 Å². The topological polar surface area (TPSA) is 63.9 Å². The van der Waals surface area contributed by atoms with Gasteiger partial charge in [0.1, 0.15) is 18.0 Å². The number of anilines is 1. The van der Waals surface area contributed by atoms with Gasteiger partial charge < -0.3 is 19.1 Å². The molecule has 6 heteroatoms. The molecule has 3 aromatic rings. The van der Waals surface area contributed by atoms with Crippen LogP contribution in [0, 0.1) is 6.92 Å². The number of aliphatic hydroxyl groups excluding tert-OH is 1. The average Bonchev–Trinajstić information content (AvgIpc) is 3.22. The van der Waals surface area contributed by atoms with E-state index < -0.39 is 11.7 Å². The van der Waals surface area contributed by atoms with Gasteiger partial charge in [0, 0.05) is 37.2 Å². The molecule has 1 atom stereocenters. The lowest BCUT2D eigenvalue weighted by Crippen LogP contribution is -2.36. The van der Waals surface area contributed by atoms with E-state index in [1.807, 2.05) is 71.1 Å². The Bertz CT molecular complexity index is 1110. The number of aryl methyl sites for hydroxylation is 2. The Morgan fingerprint density at radius 1 is 1.23 bits per heavy atom. The fourth-order valence-electron chi connectivity index (χ4n) is 4.35. The van der Waals surface area contributed by atoms with Crippen molar-refractivity contribution in [3.05, 3.63) is 59.3 Å². The molecule has 2 heterocycles. The maximum Gasteiger partial charge on any atom is 0.414 e. The van der Waals surface area contributed by atoms with Gasteiger partial charge in [0.2, 0.25) is 0 Å². The van der Waals surface area contributed by atoms with Gasteiger partial charge in [0.05, 0.1) is 17.8 Å². The van der Waals surface area contributed by atoms with Crippen LogP contribution in [0.15, 0.2) is 42.6 Å². The molecule has 4 rings (SSSR count). The van der Waals surface area contributed by atoms with Gasteiger partial charge in [-0.1, -0.05) is 30.3 Å². The van der Waals surface area contributed by atoms with Crippen LogP contribution < -0.4 is 9.64 Å². The Hall–Kier alpha value is -2.99. The molecular formula is C25H30N2O4. The number of nitrogens with zero attached hydrogens (tertiary/aromatic N) is 2. The van der Waals surface area contributed by atoms with Crippen molar-refractivity contribution in [3.8, 4) is 5.75 Å². The summed E-state index contributed by atoms with van der Waals surface area (Å²) in [6.45, 7) is 8.37. The lowest BCUT2D eigenvalue weighted by molar-refractivity contribution is 0.0581. The molecule has 1 aromatic heterocycles. The first-order chi connectivity index (χ1) is 14.7. The zero-order valence-corrected chi connectivity index (χ0v) is 18.8. The summed E-state index contributed by atoms with van der Waals surface area (Å²) in [6, 6.07) is 11.9. The maximum absolute atomic E-state index is 13.0. The Balaban J connectivity index is 1.82. The van der Waals surface area contributed by atoms with E-state index in [1.54, 1.807) is 4.90 Å². The van der Waals surface area contributed by atoms with Gasteiger partial charge >= 0.3 is 6.09 Å². The number of aromatic nitrogens is 1. The average molecular weight is 423 g/mol. The third kappa shape index (κ3) is 4.00. The minimum Gasteiger partial charge on any atom is -0.487 e. The number of fused-ring (bicyclic) bond motifs is 3. The number of hydrogen-bond acceptors (Lipinski definition) is 4. The summed E-state index contributed by atoms with van der Waals surface area (Å²) in [5, 5.41) is 11.1. The molecule has 1 amide bonds. The van der Waals surface area contributed by atoms with Crippen LogP contribution in [0.4, 0.5) is 10.5 Å². The predicted molar refractivity (Wildman–Crippen MR) is 122 cm³/mol. The summed E-state index contributed by atoms with van der Waals surface area (Å²) in [4.78, 5) is 14.6. The highest BCUT2D eigenvalue weighted by molar-refractivity contribution is 6.02. The summed E-state index contributed by atoms with van der Waals surface area (Å²) in [7, 11) is 1.99. The van der Waals surface area contributed by atoms with Crippen molar-refractivity contribution in [1.29, 1.82) is 0 Å². The summed E-state index contributed by atoms with van der Waals surface area (Å²) in [5.74, 6) is 0.537. The fourth-order valence-corrected chi connectivity index (χ4v) is 4.35. The molecule has 1 N–H and O–H groups in total. The summed E-state index contributed by atoms with van der Waals surface area (Å²) in [5.41, 5.74) is 4.25. The van der Waals surface area contributed by atoms with E-state index in [1.165, 1.54) is 0 Å². The van der Waals surface area contributed by atoms with Gasteiger partial charge in [-0.2, -0.15) is 0 Å². The van der Waals surface area contributed by atoms with Gasteiger partial charge in [0.15, 0.2) is 0 Å². The second-order valence-electron chi connectivity index (χ2n) is 9.20. The van der Waals surface area contributed by atoms with Crippen molar-refractivity contribution in [2.24, 2.45) is 7.05 Å². The van der Waals surface area contributed by atoms with E-state index in [-0.39, 0.29) is 12.5 Å². The summed E-state index contributed by atoms with van der Waals surface area (Å²) >= 11 is 0. The number of hydrogen-bond donors (Lipinski definition) is 1. The van der Waals surface area contributed by atoms with Gasteiger partial charge in [-0.3, -0.25) is 4.90 Å². The molecule has 1 aliphatic rings. The van der Waals surface area contributed by atoms with E-state index in [4.69, 9.17) is 9.47 Å². The number of amides is 1. The largest absolute Gasteiger partial charge is 0.487 e. The molecule has 0 saturated carbocycles. The second-order valence-corrected chi connectivity index (χ2v) is 9.20. The quantitative estimate of drug-likeness (QED) is 0.650. The molecule has 0 fully saturated rings. The van der Waals surface area contributed by atoms with Gasteiger partial charge in [0.25, 0.3) is 0 Å².